The third-order valence-corrected chi connectivity index (χ3v) is 4.47. The van der Waals surface area contributed by atoms with Crippen molar-refractivity contribution in [2.24, 2.45) is 0 Å². The van der Waals surface area contributed by atoms with E-state index in [1.54, 1.807) is 0 Å². The zero-order valence-corrected chi connectivity index (χ0v) is 15.7. The maximum atomic E-state index is 13.0. The zero-order chi connectivity index (χ0) is 20.5. The number of benzene rings is 2. The summed E-state index contributed by atoms with van der Waals surface area (Å²) in [6.45, 7) is 4.19. The lowest BCUT2D eigenvalue weighted by atomic mass is 10.0. The fourth-order valence-corrected chi connectivity index (χ4v) is 2.79. The largest absolute Gasteiger partial charge is 0.403 e. The summed E-state index contributed by atoms with van der Waals surface area (Å²) in [4.78, 5) is 29.0. The van der Waals surface area contributed by atoms with Crippen molar-refractivity contribution in [3.8, 4) is 11.5 Å². The number of carbonyl (C=O) groups excluding carboxylic acids is 1. The Morgan fingerprint density at radius 1 is 1.10 bits per heavy atom. The van der Waals surface area contributed by atoms with Crippen LogP contribution in [0.15, 0.2) is 63.9 Å². The van der Waals surface area contributed by atoms with E-state index in [9.17, 15) is 14.0 Å². The van der Waals surface area contributed by atoms with Gasteiger partial charge in [-0.2, -0.15) is 0 Å². The first-order valence-electron chi connectivity index (χ1n) is 8.98. The van der Waals surface area contributed by atoms with Crippen molar-refractivity contribution in [2.75, 3.05) is 5.32 Å². The van der Waals surface area contributed by atoms with Gasteiger partial charge >= 0.3 is 11.4 Å². The molecule has 0 saturated heterocycles. The van der Waals surface area contributed by atoms with Gasteiger partial charge < -0.3 is 9.73 Å². The van der Waals surface area contributed by atoms with Crippen molar-refractivity contribution < 1.29 is 13.6 Å². The van der Waals surface area contributed by atoms with Crippen molar-refractivity contribution in [3.05, 3.63) is 82.0 Å². The first-order valence-corrected chi connectivity index (χ1v) is 8.98. The van der Waals surface area contributed by atoms with Gasteiger partial charge in [-0.15, -0.1) is 9.61 Å². The standard InChI is InChI=1S/C21H17FN4O3/c1-12(2)13-3-5-15(6-4-13)19-25-26-20(28)17(11-23-21(26)29-19)24-18(27)14-7-9-16(22)10-8-14/h3-12H,1-2H3,(H,24,27). The molecule has 0 atom stereocenters. The maximum Gasteiger partial charge on any atom is 0.328 e. The lowest BCUT2D eigenvalue weighted by Crippen LogP contribution is -2.23. The van der Waals surface area contributed by atoms with Crippen LogP contribution in [0.3, 0.4) is 0 Å². The zero-order valence-electron chi connectivity index (χ0n) is 15.7. The van der Waals surface area contributed by atoms with Crippen LogP contribution in [0.5, 0.6) is 0 Å². The number of aromatic nitrogens is 3. The molecule has 2 aromatic heterocycles. The maximum absolute atomic E-state index is 13.0. The van der Waals surface area contributed by atoms with E-state index in [4.69, 9.17) is 4.42 Å². The molecule has 0 aliphatic heterocycles. The van der Waals surface area contributed by atoms with E-state index in [0.29, 0.717) is 11.5 Å². The summed E-state index contributed by atoms with van der Waals surface area (Å²) in [7, 11) is 0. The number of nitrogens with zero attached hydrogens (tertiary/aromatic N) is 3. The first kappa shape index (κ1) is 18.5. The average molecular weight is 392 g/mol. The molecule has 0 radical (unpaired) electrons. The molecule has 4 rings (SSSR count). The monoisotopic (exact) mass is 392 g/mol. The van der Waals surface area contributed by atoms with Crippen LogP contribution in [0.4, 0.5) is 10.1 Å². The van der Waals surface area contributed by atoms with Crippen LogP contribution < -0.4 is 10.9 Å². The van der Waals surface area contributed by atoms with E-state index in [1.165, 1.54) is 23.9 Å². The molecule has 0 fully saturated rings. The quantitative estimate of drug-likeness (QED) is 0.570. The SMILES string of the molecule is CC(C)c1ccc(-c2nn3c(=O)c(NC(=O)c4ccc(F)cc4)cnc3o2)cc1. The van der Waals surface area contributed by atoms with Crippen LogP contribution in [0.25, 0.3) is 17.3 Å². The summed E-state index contributed by atoms with van der Waals surface area (Å²) in [5.74, 6) is -0.369. The summed E-state index contributed by atoms with van der Waals surface area (Å²) in [5, 5.41) is 6.65. The third-order valence-electron chi connectivity index (χ3n) is 4.47. The van der Waals surface area contributed by atoms with Gasteiger partial charge in [-0.25, -0.2) is 9.37 Å². The Labute approximate surface area is 164 Å². The molecule has 1 amide bonds. The van der Waals surface area contributed by atoms with Crippen LogP contribution >= 0.6 is 0 Å². The predicted octanol–water partition coefficient (Wildman–Crippen LogP) is 3.86. The molecule has 7 nitrogen and oxygen atoms in total. The van der Waals surface area contributed by atoms with Gasteiger partial charge in [0, 0.05) is 11.1 Å². The van der Waals surface area contributed by atoms with Gasteiger partial charge in [-0.05, 0) is 47.9 Å². The van der Waals surface area contributed by atoms with E-state index in [0.717, 1.165) is 16.6 Å². The number of amides is 1. The number of nitrogens with one attached hydrogen (secondary N) is 1. The van der Waals surface area contributed by atoms with Crippen LogP contribution in [0, 0.1) is 5.82 Å². The van der Waals surface area contributed by atoms with E-state index in [1.807, 2.05) is 24.3 Å². The first-order chi connectivity index (χ1) is 13.9. The number of hydrogen-bond donors (Lipinski definition) is 1. The topological polar surface area (TPSA) is 89.5 Å². The molecule has 2 heterocycles. The summed E-state index contributed by atoms with van der Waals surface area (Å²) in [6.07, 6.45) is 1.20. The van der Waals surface area contributed by atoms with Crippen LogP contribution in [-0.4, -0.2) is 20.5 Å². The minimum absolute atomic E-state index is 0.0118. The van der Waals surface area contributed by atoms with Gasteiger partial charge in [0.05, 0.1) is 6.20 Å². The van der Waals surface area contributed by atoms with Crippen molar-refractivity contribution in [1.29, 1.82) is 0 Å². The summed E-state index contributed by atoms with van der Waals surface area (Å²) >= 11 is 0. The molecule has 1 N–H and O–H groups in total. The second kappa shape index (κ2) is 7.31. The van der Waals surface area contributed by atoms with Crippen LogP contribution in [-0.2, 0) is 0 Å². The number of fused-ring (bicyclic) bond motifs is 1. The molecule has 8 heteroatoms. The minimum Gasteiger partial charge on any atom is -0.403 e. The Morgan fingerprint density at radius 2 is 1.79 bits per heavy atom. The molecule has 0 saturated carbocycles. The highest BCUT2D eigenvalue weighted by Crippen LogP contribution is 2.22. The molecule has 146 valence electrons. The molecule has 0 unspecified atom stereocenters. The molecule has 0 spiro atoms. The van der Waals surface area contributed by atoms with Crippen LogP contribution in [0.1, 0.15) is 35.7 Å². The van der Waals surface area contributed by atoms with E-state index < -0.39 is 17.3 Å². The third kappa shape index (κ3) is 3.64. The van der Waals surface area contributed by atoms with Gasteiger partial charge in [-0.1, -0.05) is 26.0 Å². The highest BCUT2D eigenvalue weighted by Gasteiger charge is 2.16. The molecule has 0 bridgehead atoms. The van der Waals surface area contributed by atoms with Crippen molar-refractivity contribution in [1.82, 2.24) is 14.6 Å². The lowest BCUT2D eigenvalue weighted by molar-refractivity contribution is 0.102. The van der Waals surface area contributed by atoms with Gasteiger partial charge in [0.1, 0.15) is 11.5 Å². The molecular weight excluding hydrogens is 375 g/mol. The molecule has 0 aliphatic carbocycles. The van der Waals surface area contributed by atoms with Crippen LogP contribution in [0.2, 0.25) is 0 Å². The van der Waals surface area contributed by atoms with E-state index in [2.05, 4.69) is 29.2 Å². The van der Waals surface area contributed by atoms with Crippen molar-refractivity contribution in [2.45, 2.75) is 19.8 Å². The average Bonchev–Trinajstić information content (AvgIpc) is 3.16. The fourth-order valence-electron chi connectivity index (χ4n) is 2.79. The van der Waals surface area contributed by atoms with E-state index >= 15 is 0 Å². The number of rotatable bonds is 4. The molecule has 2 aromatic carbocycles. The Hall–Kier alpha value is -3.81. The highest BCUT2D eigenvalue weighted by molar-refractivity contribution is 6.04. The lowest BCUT2D eigenvalue weighted by Gasteiger charge is -2.04. The minimum atomic E-state index is -0.584. The Bertz CT molecular complexity index is 1240. The summed E-state index contributed by atoms with van der Waals surface area (Å²) < 4.78 is 19.6. The van der Waals surface area contributed by atoms with Gasteiger partial charge in [-0.3, -0.25) is 9.59 Å². The Kier molecular flexibility index (Phi) is 4.67. The Morgan fingerprint density at radius 3 is 2.45 bits per heavy atom. The van der Waals surface area contributed by atoms with E-state index in [-0.39, 0.29) is 23.0 Å². The molecule has 0 aliphatic rings. The van der Waals surface area contributed by atoms with Gasteiger partial charge in [0.15, 0.2) is 0 Å². The second-order valence-corrected chi connectivity index (χ2v) is 6.82. The van der Waals surface area contributed by atoms with Crippen molar-refractivity contribution in [3.63, 3.8) is 0 Å². The summed E-state index contributed by atoms with van der Waals surface area (Å²) in [5.41, 5.74) is 1.44. The van der Waals surface area contributed by atoms with Crippen molar-refractivity contribution >= 4 is 17.4 Å². The number of hydrogen-bond acceptors (Lipinski definition) is 5. The summed E-state index contributed by atoms with van der Waals surface area (Å²) in [6, 6.07) is 12.6. The Balaban J connectivity index is 1.64. The number of anilines is 1. The molecular formula is C21H17FN4O3. The normalized spacial score (nSPS) is 11.2. The molecule has 4 aromatic rings. The smallest absolute Gasteiger partial charge is 0.328 e. The predicted molar refractivity (Wildman–Crippen MR) is 105 cm³/mol. The molecule has 29 heavy (non-hydrogen) atoms. The second-order valence-electron chi connectivity index (χ2n) is 6.82. The number of carbonyl (C=O) groups is 1. The fraction of sp³-hybridized carbons (Fsp3) is 0.143. The van der Waals surface area contributed by atoms with Gasteiger partial charge in [0.25, 0.3) is 5.91 Å². The highest BCUT2D eigenvalue weighted by atomic mass is 19.1. The van der Waals surface area contributed by atoms with Gasteiger partial charge in [0.2, 0.25) is 5.89 Å². The number of halogens is 1.